The predicted molar refractivity (Wildman–Crippen MR) is 107 cm³/mol. The van der Waals surface area contributed by atoms with Crippen LogP contribution in [0.3, 0.4) is 0 Å². The smallest absolute Gasteiger partial charge is 0.337 e. The molecule has 0 saturated carbocycles. The molecule has 0 fully saturated rings. The molecule has 0 N–H and O–H groups in total. The molecule has 150 valence electrons. The summed E-state index contributed by atoms with van der Waals surface area (Å²) < 4.78 is 22.0. The highest BCUT2D eigenvalue weighted by molar-refractivity contribution is 5.89. The zero-order valence-corrected chi connectivity index (χ0v) is 16.4. The Kier molecular flexibility index (Phi) is 4.98. The van der Waals surface area contributed by atoms with Gasteiger partial charge in [0.2, 0.25) is 11.2 Å². The van der Waals surface area contributed by atoms with Crippen LogP contribution in [0.4, 0.5) is 0 Å². The lowest BCUT2D eigenvalue weighted by Gasteiger charge is -2.31. The van der Waals surface area contributed by atoms with Gasteiger partial charge in [-0.05, 0) is 50.2 Å². The standard InChI is InChI=1S/C22H21NO6/c1-13(2)23-10-17-18(28-12-23)9-8-16-20(24)19(11-27-21(16)17)29-15-6-4-14(5-7-15)22(25)26-3/h4-9,11,13H,10,12H2,1-3H3. The Morgan fingerprint density at radius 1 is 1.14 bits per heavy atom. The first-order chi connectivity index (χ1) is 14.0. The summed E-state index contributed by atoms with van der Waals surface area (Å²) in [7, 11) is 1.32. The normalized spacial score (nSPS) is 13.8. The van der Waals surface area contributed by atoms with Gasteiger partial charge in [0, 0.05) is 12.6 Å². The summed E-state index contributed by atoms with van der Waals surface area (Å²) >= 11 is 0. The highest BCUT2D eigenvalue weighted by Gasteiger charge is 2.24. The first-order valence-electron chi connectivity index (χ1n) is 9.28. The average Bonchev–Trinajstić information content (AvgIpc) is 2.75. The Morgan fingerprint density at radius 3 is 2.59 bits per heavy atom. The largest absolute Gasteiger partial charge is 0.478 e. The van der Waals surface area contributed by atoms with Gasteiger partial charge in [-0.1, -0.05) is 0 Å². The van der Waals surface area contributed by atoms with Crippen molar-refractivity contribution in [2.45, 2.75) is 26.4 Å². The van der Waals surface area contributed by atoms with Crippen LogP contribution in [0.15, 0.2) is 51.9 Å². The lowest BCUT2D eigenvalue weighted by Crippen LogP contribution is -2.37. The summed E-state index contributed by atoms with van der Waals surface area (Å²) in [6.45, 7) is 5.33. The highest BCUT2D eigenvalue weighted by atomic mass is 16.5. The van der Waals surface area contributed by atoms with Crippen LogP contribution >= 0.6 is 0 Å². The molecule has 7 nitrogen and oxygen atoms in total. The molecule has 0 unspecified atom stereocenters. The van der Waals surface area contributed by atoms with Crippen molar-refractivity contribution in [2.24, 2.45) is 0 Å². The van der Waals surface area contributed by atoms with E-state index in [0.29, 0.717) is 41.6 Å². The van der Waals surface area contributed by atoms with Crippen LogP contribution in [-0.2, 0) is 11.3 Å². The summed E-state index contributed by atoms with van der Waals surface area (Å²) in [6, 6.07) is 10.1. The quantitative estimate of drug-likeness (QED) is 0.619. The summed E-state index contributed by atoms with van der Waals surface area (Å²) in [5.74, 6) is 0.770. The van der Waals surface area contributed by atoms with Gasteiger partial charge in [-0.15, -0.1) is 0 Å². The molecule has 1 aliphatic rings. The Balaban J connectivity index is 1.67. The van der Waals surface area contributed by atoms with E-state index in [2.05, 4.69) is 23.5 Å². The molecule has 0 saturated heterocycles. The fourth-order valence-electron chi connectivity index (χ4n) is 3.21. The molecule has 1 aliphatic heterocycles. The third kappa shape index (κ3) is 3.56. The predicted octanol–water partition coefficient (Wildman–Crippen LogP) is 3.93. The molecule has 1 aromatic heterocycles. The second-order valence-electron chi connectivity index (χ2n) is 7.08. The van der Waals surface area contributed by atoms with Crippen molar-refractivity contribution < 1.29 is 23.4 Å². The van der Waals surface area contributed by atoms with Crippen LogP contribution in [0.2, 0.25) is 0 Å². The molecule has 0 bridgehead atoms. The maximum atomic E-state index is 12.9. The number of methoxy groups -OCH3 is 1. The van der Waals surface area contributed by atoms with Crippen molar-refractivity contribution in [1.82, 2.24) is 4.90 Å². The topological polar surface area (TPSA) is 78.2 Å². The number of esters is 1. The van der Waals surface area contributed by atoms with Gasteiger partial charge in [0.25, 0.3) is 0 Å². The van der Waals surface area contributed by atoms with Crippen LogP contribution in [0.5, 0.6) is 17.2 Å². The second kappa shape index (κ2) is 7.60. The zero-order chi connectivity index (χ0) is 20.5. The molecular formula is C22H21NO6. The number of fused-ring (bicyclic) bond motifs is 3. The number of ether oxygens (including phenoxy) is 3. The molecule has 4 rings (SSSR count). The van der Waals surface area contributed by atoms with E-state index in [4.69, 9.17) is 13.9 Å². The Hall–Kier alpha value is -3.32. The molecule has 0 radical (unpaired) electrons. The average molecular weight is 395 g/mol. The summed E-state index contributed by atoms with van der Waals surface area (Å²) in [4.78, 5) is 26.6. The minimum Gasteiger partial charge on any atom is -0.478 e. The van der Waals surface area contributed by atoms with Gasteiger partial charge < -0.3 is 18.6 Å². The minimum absolute atomic E-state index is 0.0701. The van der Waals surface area contributed by atoms with Crippen molar-refractivity contribution >= 4 is 16.9 Å². The van der Waals surface area contributed by atoms with Crippen molar-refractivity contribution in [3.05, 3.63) is 64.0 Å². The van der Waals surface area contributed by atoms with Crippen LogP contribution in [-0.4, -0.2) is 30.8 Å². The van der Waals surface area contributed by atoms with Crippen molar-refractivity contribution in [3.63, 3.8) is 0 Å². The maximum absolute atomic E-state index is 12.9. The fourth-order valence-corrected chi connectivity index (χ4v) is 3.21. The van der Waals surface area contributed by atoms with E-state index in [1.165, 1.54) is 13.4 Å². The van der Waals surface area contributed by atoms with Crippen LogP contribution in [0.1, 0.15) is 29.8 Å². The molecule has 0 aliphatic carbocycles. The Labute approximate surface area is 167 Å². The van der Waals surface area contributed by atoms with Crippen LogP contribution in [0.25, 0.3) is 11.0 Å². The Morgan fingerprint density at radius 2 is 1.90 bits per heavy atom. The third-order valence-corrected chi connectivity index (χ3v) is 4.95. The summed E-state index contributed by atoms with van der Waals surface area (Å²) in [6.07, 6.45) is 1.31. The number of nitrogens with zero attached hydrogens (tertiary/aromatic N) is 1. The monoisotopic (exact) mass is 395 g/mol. The SMILES string of the molecule is COC(=O)c1ccc(Oc2coc3c4c(ccc3c2=O)OCN(C(C)C)C4)cc1. The number of carbonyl (C=O) groups excluding carboxylic acids is 1. The molecule has 29 heavy (non-hydrogen) atoms. The summed E-state index contributed by atoms with van der Waals surface area (Å²) in [5.41, 5.74) is 1.49. The molecule has 0 atom stereocenters. The second-order valence-corrected chi connectivity index (χ2v) is 7.08. The van der Waals surface area contributed by atoms with Crippen molar-refractivity contribution in [3.8, 4) is 17.2 Å². The van der Waals surface area contributed by atoms with E-state index in [-0.39, 0.29) is 11.2 Å². The Bertz CT molecular complexity index is 1120. The molecule has 2 heterocycles. The van der Waals surface area contributed by atoms with E-state index in [9.17, 15) is 9.59 Å². The van der Waals surface area contributed by atoms with E-state index in [0.717, 1.165) is 11.3 Å². The first-order valence-corrected chi connectivity index (χ1v) is 9.28. The first kappa shape index (κ1) is 19.0. The zero-order valence-electron chi connectivity index (χ0n) is 16.4. The van der Waals surface area contributed by atoms with Crippen LogP contribution in [0, 0.1) is 0 Å². The number of hydrogen-bond donors (Lipinski definition) is 0. The number of benzene rings is 2. The molecule has 0 amide bonds. The van der Waals surface area contributed by atoms with Gasteiger partial charge >= 0.3 is 5.97 Å². The number of rotatable bonds is 4. The van der Waals surface area contributed by atoms with E-state index in [1.807, 2.05) is 0 Å². The highest BCUT2D eigenvalue weighted by Crippen LogP contribution is 2.33. The molecule has 0 spiro atoms. The number of hydrogen-bond acceptors (Lipinski definition) is 7. The van der Waals surface area contributed by atoms with Crippen molar-refractivity contribution in [2.75, 3.05) is 13.8 Å². The lowest BCUT2D eigenvalue weighted by atomic mass is 10.1. The van der Waals surface area contributed by atoms with Gasteiger partial charge in [-0.25, -0.2) is 4.79 Å². The molecule has 3 aromatic rings. The van der Waals surface area contributed by atoms with Gasteiger partial charge in [0.15, 0.2) is 0 Å². The molecule has 7 heteroatoms. The van der Waals surface area contributed by atoms with Gasteiger partial charge in [-0.3, -0.25) is 9.69 Å². The molecule has 2 aromatic carbocycles. The van der Waals surface area contributed by atoms with Gasteiger partial charge in [-0.2, -0.15) is 0 Å². The van der Waals surface area contributed by atoms with Crippen LogP contribution < -0.4 is 14.9 Å². The lowest BCUT2D eigenvalue weighted by molar-refractivity contribution is 0.0600. The molecular weight excluding hydrogens is 374 g/mol. The fraction of sp³-hybridized carbons (Fsp3) is 0.273. The van der Waals surface area contributed by atoms with E-state index in [1.54, 1.807) is 36.4 Å². The summed E-state index contributed by atoms with van der Waals surface area (Å²) in [5, 5.41) is 0.432. The van der Waals surface area contributed by atoms with Gasteiger partial charge in [0.05, 0.1) is 23.6 Å². The van der Waals surface area contributed by atoms with E-state index < -0.39 is 5.97 Å². The number of carbonyl (C=O) groups is 1. The van der Waals surface area contributed by atoms with Gasteiger partial charge in [0.1, 0.15) is 30.1 Å². The van der Waals surface area contributed by atoms with Crippen molar-refractivity contribution in [1.29, 1.82) is 0 Å². The third-order valence-electron chi connectivity index (χ3n) is 4.95. The van der Waals surface area contributed by atoms with E-state index >= 15 is 0 Å². The minimum atomic E-state index is -0.441. The maximum Gasteiger partial charge on any atom is 0.337 e.